The van der Waals surface area contributed by atoms with Gasteiger partial charge >= 0.3 is 0 Å². The highest BCUT2D eigenvalue weighted by atomic mass is 16.1. The highest BCUT2D eigenvalue weighted by Gasteiger charge is 2.08. The standard InChI is InChI=1S/C24H18N4O/c29-23(10-7-17-2-1-13-25-17)16-3-5-18(6-4-16)28-22-12-15-27-21-9-8-20-19(24(21)22)11-14-26-20/h1-15,25,27-28H/b10-7+. The molecule has 0 saturated heterocycles. The number of hydrogen-bond acceptors (Lipinski definition) is 3. The molecular weight excluding hydrogens is 360 g/mol. The van der Waals surface area contributed by atoms with Crippen LogP contribution < -0.4 is 5.32 Å². The number of H-pyrrole nitrogens is 2. The third-order valence-corrected chi connectivity index (χ3v) is 4.92. The number of nitrogens with one attached hydrogen (secondary N) is 3. The minimum Gasteiger partial charge on any atom is -0.362 e. The second-order valence-corrected chi connectivity index (χ2v) is 6.78. The average molecular weight is 378 g/mol. The van der Waals surface area contributed by atoms with Crippen LogP contribution in [0.25, 0.3) is 27.9 Å². The van der Waals surface area contributed by atoms with E-state index in [1.54, 1.807) is 12.2 Å². The molecule has 5 nitrogen and oxygen atoms in total. The van der Waals surface area contributed by atoms with Crippen molar-refractivity contribution in [3.8, 4) is 0 Å². The summed E-state index contributed by atoms with van der Waals surface area (Å²) in [5.41, 5.74) is 5.46. The molecule has 0 radical (unpaired) electrons. The Morgan fingerprint density at radius 1 is 0.931 bits per heavy atom. The molecule has 0 bridgehead atoms. The van der Waals surface area contributed by atoms with Crippen molar-refractivity contribution in [3.05, 3.63) is 96.6 Å². The van der Waals surface area contributed by atoms with Crippen LogP contribution in [0.15, 0.2) is 85.3 Å². The average Bonchev–Trinajstić information content (AvgIpc) is 3.44. The van der Waals surface area contributed by atoms with Gasteiger partial charge in [0, 0.05) is 57.5 Å². The lowest BCUT2D eigenvalue weighted by Crippen LogP contribution is -1.96. The maximum Gasteiger partial charge on any atom is 0.185 e. The van der Waals surface area contributed by atoms with Crippen LogP contribution in [0.5, 0.6) is 0 Å². The Hall–Kier alpha value is -4.12. The summed E-state index contributed by atoms with van der Waals surface area (Å²) in [7, 11) is 0. The first-order valence-electron chi connectivity index (χ1n) is 9.36. The van der Waals surface area contributed by atoms with Crippen molar-refractivity contribution in [1.29, 1.82) is 0 Å². The van der Waals surface area contributed by atoms with Crippen molar-refractivity contribution in [2.24, 2.45) is 0 Å². The number of aromatic amines is 2. The molecule has 0 aliphatic rings. The van der Waals surface area contributed by atoms with E-state index in [0.717, 1.165) is 38.9 Å². The molecule has 0 spiro atoms. The van der Waals surface area contributed by atoms with Gasteiger partial charge in [-0.05, 0) is 72.8 Å². The normalized spacial score (nSPS) is 11.4. The predicted octanol–water partition coefficient (Wildman–Crippen LogP) is 5.68. The first-order chi connectivity index (χ1) is 14.3. The van der Waals surface area contributed by atoms with Crippen LogP contribution in [0.3, 0.4) is 0 Å². The van der Waals surface area contributed by atoms with Crippen LogP contribution in [0, 0.1) is 0 Å². The van der Waals surface area contributed by atoms with Gasteiger partial charge in [0.05, 0.1) is 5.52 Å². The van der Waals surface area contributed by atoms with E-state index in [0.29, 0.717) is 5.56 Å². The monoisotopic (exact) mass is 378 g/mol. The SMILES string of the molecule is O=C(/C=C/c1ccc[nH]1)c1ccc(Nc2cc[nH]c3ccc4nccc4c23)cc1. The van der Waals surface area contributed by atoms with Crippen LogP contribution >= 0.6 is 0 Å². The minimum absolute atomic E-state index is 0.0320. The summed E-state index contributed by atoms with van der Waals surface area (Å²) in [6.07, 6.45) is 8.92. The summed E-state index contributed by atoms with van der Waals surface area (Å²) >= 11 is 0. The number of nitrogens with zero attached hydrogens (tertiary/aromatic N) is 1. The molecule has 0 aliphatic heterocycles. The van der Waals surface area contributed by atoms with Gasteiger partial charge in [-0.2, -0.15) is 0 Å². The number of benzene rings is 2. The lowest BCUT2D eigenvalue weighted by Gasteiger charge is -2.11. The second kappa shape index (κ2) is 7.13. The molecule has 2 aromatic carbocycles. The van der Waals surface area contributed by atoms with E-state index in [4.69, 9.17) is 0 Å². The van der Waals surface area contributed by atoms with Gasteiger partial charge < -0.3 is 15.3 Å². The zero-order valence-electron chi connectivity index (χ0n) is 15.5. The highest BCUT2D eigenvalue weighted by Crippen LogP contribution is 2.31. The van der Waals surface area contributed by atoms with Gasteiger partial charge in [-0.1, -0.05) is 0 Å². The van der Waals surface area contributed by atoms with Crippen molar-refractivity contribution >= 4 is 45.0 Å². The molecule has 5 rings (SSSR count). The van der Waals surface area contributed by atoms with Crippen molar-refractivity contribution in [3.63, 3.8) is 0 Å². The Morgan fingerprint density at radius 2 is 1.83 bits per heavy atom. The molecule has 0 atom stereocenters. The zero-order valence-corrected chi connectivity index (χ0v) is 15.5. The van der Waals surface area contributed by atoms with Gasteiger partial charge in [-0.15, -0.1) is 0 Å². The fraction of sp³-hybridized carbons (Fsp3) is 0. The molecule has 0 aliphatic carbocycles. The lowest BCUT2D eigenvalue weighted by atomic mass is 10.1. The number of carbonyl (C=O) groups is 1. The van der Waals surface area contributed by atoms with Gasteiger partial charge in [0.25, 0.3) is 0 Å². The van der Waals surface area contributed by atoms with Crippen LogP contribution in [0.1, 0.15) is 16.1 Å². The molecule has 5 heteroatoms. The number of allylic oxidation sites excluding steroid dienone is 1. The molecule has 3 aromatic heterocycles. The maximum atomic E-state index is 12.4. The number of carbonyl (C=O) groups excluding carboxylic acids is 1. The first kappa shape index (κ1) is 17.0. The van der Waals surface area contributed by atoms with Gasteiger partial charge in [-0.25, -0.2) is 0 Å². The van der Waals surface area contributed by atoms with Crippen LogP contribution in [0.2, 0.25) is 0 Å². The number of anilines is 2. The number of fused-ring (bicyclic) bond motifs is 3. The Labute approximate surface area is 167 Å². The third kappa shape index (κ3) is 3.30. The molecule has 0 unspecified atom stereocenters. The summed E-state index contributed by atoms with van der Waals surface area (Å²) in [4.78, 5) is 23.1. The van der Waals surface area contributed by atoms with E-state index in [2.05, 4.69) is 20.3 Å². The molecule has 29 heavy (non-hydrogen) atoms. The van der Waals surface area contributed by atoms with Crippen molar-refractivity contribution in [2.45, 2.75) is 0 Å². The summed E-state index contributed by atoms with van der Waals surface area (Å²) < 4.78 is 0. The van der Waals surface area contributed by atoms with Gasteiger partial charge in [-0.3, -0.25) is 9.78 Å². The summed E-state index contributed by atoms with van der Waals surface area (Å²) in [6.45, 7) is 0. The Kier molecular flexibility index (Phi) is 4.18. The van der Waals surface area contributed by atoms with E-state index >= 15 is 0 Å². The number of rotatable bonds is 5. The molecule has 140 valence electrons. The van der Waals surface area contributed by atoms with Crippen molar-refractivity contribution in [2.75, 3.05) is 5.32 Å². The Bertz CT molecular complexity index is 1330. The number of aromatic nitrogens is 3. The quantitative estimate of drug-likeness (QED) is 0.272. The molecule has 3 N–H and O–H groups in total. The topological polar surface area (TPSA) is 73.6 Å². The highest BCUT2D eigenvalue weighted by molar-refractivity contribution is 6.12. The van der Waals surface area contributed by atoms with E-state index in [1.165, 1.54) is 0 Å². The molecule has 0 amide bonds. The Morgan fingerprint density at radius 3 is 2.66 bits per heavy atom. The summed E-state index contributed by atoms with van der Waals surface area (Å²) in [5.74, 6) is -0.0320. The first-order valence-corrected chi connectivity index (χ1v) is 9.36. The van der Waals surface area contributed by atoms with Gasteiger partial charge in [0.1, 0.15) is 0 Å². The van der Waals surface area contributed by atoms with Gasteiger partial charge in [0.2, 0.25) is 0 Å². The van der Waals surface area contributed by atoms with Crippen LogP contribution in [0.4, 0.5) is 11.4 Å². The molecule has 5 aromatic rings. The lowest BCUT2D eigenvalue weighted by molar-refractivity contribution is 0.104. The largest absolute Gasteiger partial charge is 0.362 e. The number of pyridine rings is 1. The second-order valence-electron chi connectivity index (χ2n) is 6.78. The van der Waals surface area contributed by atoms with Crippen LogP contribution in [-0.2, 0) is 0 Å². The van der Waals surface area contributed by atoms with E-state index in [9.17, 15) is 4.79 Å². The summed E-state index contributed by atoms with van der Waals surface area (Å²) in [6, 6.07) is 19.4. The molecular formula is C24H18N4O. The predicted molar refractivity (Wildman–Crippen MR) is 117 cm³/mol. The van der Waals surface area contributed by atoms with Gasteiger partial charge in [0.15, 0.2) is 5.78 Å². The summed E-state index contributed by atoms with van der Waals surface area (Å²) in [5, 5.41) is 5.66. The maximum absolute atomic E-state index is 12.4. The van der Waals surface area contributed by atoms with Crippen molar-refractivity contribution < 1.29 is 4.79 Å². The van der Waals surface area contributed by atoms with E-state index in [-0.39, 0.29) is 5.78 Å². The molecule has 3 heterocycles. The zero-order chi connectivity index (χ0) is 19.6. The third-order valence-electron chi connectivity index (χ3n) is 4.92. The molecule has 0 fully saturated rings. The van der Waals surface area contributed by atoms with Crippen LogP contribution in [-0.4, -0.2) is 20.7 Å². The number of hydrogen-bond donors (Lipinski definition) is 3. The fourth-order valence-corrected chi connectivity index (χ4v) is 3.48. The van der Waals surface area contributed by atoms with Crippen molar-refractivity contribution in [1.82, 2.24) is 15.0 Å². The van der Waals surface area contributed by atoms with E-state index < -0.39 is 0 Å². The number of ketones is 1. The van der Waals surface area contributed by atoms with E-state index in [1.807, 2.05) is 79.3 Å². The Balaban J connectivity index is 1.41. The fourth-order valence-electron chi connectivity index (χ4n) is 3.48. The minimum atomic E-state index is -0.0320. The molecule has 0 saturated carbocycles. The smallest absolute Gasteiger partial charge is 0.185 e.